The number of hydrogen-bond donors (Lipinski definition) is 1. The highest BCUT2D eigenvalue weighted by molar-refractivity contribution is 5.20. The van der Waals surface area contributed by atoms with Gasteiger partial charge in [0.05, 0.1) is 0 Å². The molecule has 1 N–H and O–H groups in total. The van der Waals surface area contributed by atoms with Crippen molar-refractivity contribution in [2.45, 2.75) is 45.6 Å². The van der Waals surface area contributed by atoms with E-state index in [9.17, 15) is 5.11 Å². The number of rotatable bonds is 4. The molecule has 0 aromatic rings. The van der Waals surface area contributed by atoms with Gasteiger partial charge in [0.25, 0.3) is 0 Å². The van der Waals surface area contributed by atoms with Crippen molar-refractivity contribution in [2.75, 3.05) is 0 Å². The monoisotopic (exact) mass is 178 g/mol. The van der Waals surface area contributed by atoms with Gasteiger partial charge in [-0.2, -0.15) is 0 Å². The van der Waals surface area contributed by atoms with Crippen LogP contribution in [0.15, 0.2) is 17.9 Å². The lowest BCUT2D eigenvalue weighted by Crippen LogP contribution is -2.06. The number of aliphatic hydroxyl groups is 1. The molecule has 0 heterocycles. The van der Waals surface area contributed by atoms with Crippen LogP contribution >= 0.6 is 0 Å². The van der Waals surface area contributed by atoms with Crippen LogP contribution in [-0.4, -0.2) is 11.2 Å². The van der Waals surface area contributed by atoms with Crippen molar-refractivity contribution in [3.8, 4) is 11.8 Å². The third kappa shape index (κ3) is 5.31. The highest BCUT2D eigenvalue weighted by atomic mass is 16.3. The van der Waals surface area contributed by atoms with Crippen molar-refractivity contribution in [3.05, 3.63) is 17.9 Å². The number of hydrogen-bond acceptors (Lipinski definition) is 1. The molecule has 0 radical (unpaired) electrons. The van der Waals surface area contributed by atoms with Gasteiger partial charge in [-0.1, -0.05) is 32.8 Å². The van der Waals surface area contributed by atoms with E-state index in [0.717, 1.165) is 31.3 Å². The van der Waals surface area contributed by atoms with E-state index >= 15 is 0 Å². The first kappa shape index (κ1) is 12.0. The van der Waals surface area contributed by atoms with Crippen LogP contribution in [0.1, 0.15) is 39.5 Å². The van der Waals surface area contributed by atoms with E-state index in [1.807, 2.05) is 6.92 Å². The summed E-state index contributed by atoms with van der Waals surface area (Å²) in [6.07, 6.45) is 3.13. The summed E-state index contributed by atoms with van der Waals surface area (Å²) in [7, 11) is 0. The standard InChI is InChI=1S/C12H18O/c1-4-7-9-11(6-3)12(13)10-8-5-2/h12-13H,3-5,7,9H2,1-2H3. The Labute approximate surface area is 81.2 Å². The lowest BCUT2D eigenvalue weighted by atomic mass is 10.0. The van der Waals surface area contributed by atoms with Gasteiger partial charge in [-0.25, -0.2) is 0 Å². The highest BCUT2D eigenvalue weighted by Crippen LogP contribution is 2.09. The molecule has 0 aliphatic heterocycles. The van der Waals surface area contributed by atoms with Gasteiger partial charge in [0, 0.05) is 12.0 Å². The first-order valence-electron chi connectivity index (χ1n) is 4.81. The average Bonchev–Trinajstić information content (AvgIpc) is 2.16. The molecule has 0 fully saturated rings. The fourth-order valence-corrected chi connectivity index (χ4v) is 0.975. The van der Waals surface area contributed by atoms with E-state index in [4.69, 9.17) is 0 Å². The Bertz CT molecular complexity index is 236. The molecule has 1 atom stereocenters. The summed E-state index contributed by atoms with van der Waals surface area (Å²) in [5, 5.41) is 9.55. The van der Waals surface area contributed by atoms with E-state index in [2.05, 4.69) is 31.1 Å². The van der Waals surface area contributed by atoms with E-state index < -0.39 is 6.10 Å². The summed E-state index contributed by atoms with van der Waals surface area (Å²) in [6, 6.07) is 0. The molecule has 0 rings (SSSR count). The Morgan fingerprint density at radius 1 is 1.46 bits per heavy atom. The van der Waals surface area contributed by atoms with Gasteiger partial charge < -0.3 is 5.11 Å². The van der Waals surface area contributed by atoms with Crippen molar-refractivity contribution in [1.29, 1.82) is 0 Å². The molecule has 0 aromatic heterocycles. The largest absolute Gasteiger partial charge is 0.376 e. The van der Waals surface area contributed by atoms with Crippen LogP contribution in [0.5, 0.6) is 0 Å². The SMILES string of the molecule is C=C=C(CCCC)C(O)C#CCC. The normalized spacial score (nSPS) is 11.0. The molecule has 0 aromatic carbocycles. The second-order valence-electron chi connectivity index (χ2n) is 2.88. The fourth-order valence-electron chi connectivity index (χ4n) is 0.975. The molecule has 0 spiro atoms. The maximum atomic E-state index is 9.55. The van der Waals surface area contributed by atoms with Gasteiger partial charge in [-0.15, -0.1) is 11.7 Å². The minimum absolute atomic E-state index is 0.663. The Kier molecular flexibility index (Phi) is 7.11. The Balaban J connectivity index is 4.17. The molecule has 72 valence electrons. The Hall–Kier alpha value is -0.960. The van der Waals surface area contributed by atoms with Crippen molar-refractivity contribution >= 4 is 0 Å². The second-order valence-corrected chi connectivity index (χ2v) is 2.88. The zero-order chi connectivity index (χ0) is 10.1. The molecule has 1 nitrogen and oxygen atoms in total. The minimum atomic E-state index is -0.663. The number of unbranched alkanes of at least 4 members (excludes halogenated alkanes) is 1. The third-order valence-corrected chi connectivity index (χ3v) is 1.77. The Morgan fingerprint density at radius 3 is 2.62 bits per heavy atom. The molecule has 1 heteroatoms. The lowest BCUT2D eigenvalue weighted by molar-refractivity contribution is 0.263. The molecular formula is C12H18O. The lowest BCUT2D eigenvalue weighted by Gasteiger charge is -2.05. The van der Waals surface area contributed by atoms with Crippen LogP contribution in [0.4, 0.5) is 0 Å². The van der Waals surface area contributed by atoms with Crippen LogP contribution in [0.2, 0.25) is 0 Å². The second kappa shape index (κ2) is 7.68. The average molecular weight is 178 g/mol. The third-order valence-electron chi connectivity index (χ3n) is 1.77. The summed E-state index contributed by atoms with van der Waals surface area (Å²) in [4.78, 5) is 0. The minimum Gasteiger partial charge on any atom is -0.376 e. The maximum absolute atomic E-state index is 9.55. The van der Waals surface area contributed by atoms with Crippen LogP contribution in [0.3, 0.4) is 0 Å². The van der Waals surface area contributed by atoms with Gasteiger partial charge in [-0.3, -0.25) is 0 Å². The molecule has 0 aliphatic rings. The summed E-state index contributed by atoms with van der Waals surface area (Å²) in [5.74, 6) is 5.61. The maximum Gasteiger partial charge on any atom is 0.143 e. The summed E-state index contributed by atoms with van der Waals surface area (Å²) in [5.41, 5.74) is 3.58. The van der Waals surface area contributed by atoms with Crippen molar-refractivity contribution in [3.63, 3.8) is 0 Å². The predicted molar refractivity (Wildman–Crippen MR) is 56.3 cm³/mol. The highest BCUT2D eigenvalue weighted by Gasteiger charge is 2.05. The Morgan fingerprint density at radius 2 is 2.15 bits per heavy atom. The molecule has 0 bridgehead atoms. The van der Waals surface area contributed by atoms with E-state index in [1.54, 1.807) is 0 Å². The smallest absolute Gasteiger partial charge is 0.143 e. The fraction of sp³-hybridized carbons (Fsp3) is 0.583. The molecule has 0 aliphatic carbocycles. The summed E-state index contributed by atoms with van der Waals surface area (Å²) < 4.78 is 0. The topological polar surface area (TPSA) is 20.2 Å². The number of aliphatic hydroxyl groups excluding tert-OH is 1. The van der Waals surface area contributed by atoms with Crippen LogP contribution in [-0.2, 0) is 0 Å². The first-order chi connectivity index (χ1) is 6.26. The zero-order valence-corrected chi connectivity index (χ0v) is 8.56. The van der Waals surface area contributed by atoms with Crippen LogP contribution in [0, 0.1) is 11.8 Å². The quantitative estimate of drug-likeness (QED) is 0.518. The summed E-state index contributed by atoms with van der Waals surface area (Å²) >= 11 is 0. The van der Waals surface area contributed by atoms with Crippen LogP contribution in [0.25, 0.3) is 0 Å². The van der Waals surface area contributed by atoms with E-state index in [-0.39, 0.29) is 0 Å². The van der Waals surface area contributed by atoms with Crippen LogP contribution < -0.4 is 0 Å². The summed E-state index contributed by atoms with van der Waals surface area (Å²) in [6.45, 7) is 7.63. The molecular weight excluding hydrogens is 160 g/mol. The molecule has 13 heavy (non-hydrogen) atoms. The predicted octanol–water partition coefficient (Wildman–Crippen LogP) is 2.66. The van der Waals surface area contributed by atoms with Crippen molar-refractivity contribution < 1.29 is 5.11 Å². The van der Waals surface area contributed by atoms with Gasteiger partial charge in [0.1, 0.15) is 6.10 Å². The molecule has 0 saturated carbocycles. The first-order valence-corrected chi connectivity index (χ1v) is 4.81. The van der Waals surface area contributed by atoms with Crippen molar-refractivity contribution in [2.24, 2.45) is 0 Å². The zero-order valence-electron chi connectivity index (χ0n) is 8.56. The molecule has 0 amide bonds. The van der Waals surface area contributed by atoms with Gasteiger partial charge in [0.2, 0.25) is 0 Å². The van der Waals surface area contributed by atoms with Gasteiger partial charge in [-0.05, 0) is 12.8 Å². The van der Waals surface area contributed by atoms with Gasteiger partial charge >= 0.3 is 0 Å². The molecule has 0 saturated heterocycles. The van der Waals surface area contributed by atoms with E-state index in [1.165, 1.54) is 0 Å². The van der Waals surface area contributed by atoms with Gasteiger partial charge in [0.15, 0.2) is 0 Å². The van der Waals surface area contributed by atoms with Crippen molar-refractivity contribution in [1.82, 2.24) is 0 Å². The molecule has 1 unspecified atom stereocenters. The van der Waals surface area contributed by atoms with E-state index in [0.29, 0.717) is 0 Å².